The standard InChI is InChI=1S/C29H24N2O5S2/c1-2-18-25-22(11-13-30-20-15-17(38(32,33)34)8-9-21(20)36-28(25)30)35-23-12-14-31-27-19-6-4-3-5-16(19)7-10-24(27)37-29(31)26(18)23/h3-10,15,22-23H,2,11-14H2,1H3. The maximum atomic E-state index is 11.7. The van der Waals surface area contributed by atoms with Gasteiger partial charge in [-0.2, -0.15) is 4.57 Å². The van der Waals surface area contributed by atoms with Crippen molar-refractivity contribution in [1.29, 1.82) is 0 Å². The zero-order valence-electron chi connectivity index (χ0n) is 20.6. The Hall–Kier alpha value is -3.24. The molecule has 0 amide bonds. The maximum absolute atomic E-state index is 11.7. The van der Waals surface area contributed by atoms with Gasteiger partial charge < -0.3 is 18.9 Å². The summed E-state index contributed by atoms with van der Waals surface area (Å²) in [4.78, 5) is 1.76. The van der Waals surface area contributed by atoms with Crippen LogP contribution in [-0.4, -0.2) is 31.7 Å². The minimum Gasteiger partial charge on any atom is -0.744 e. The number of aromatic nitrogens is 1. The molecule has 0 saturated heterocycles. The zero-order chi connectivity index (χ0) is 25.8. The molecule has 0 radical (unpaired) electrons. The molecule has 9 heteroatoms. The fourth-order valence-electron chi connectivity index (χ4n) is 6.61. The van der Waals surface area contributed by atoms with E-state index >= 15 is 0 Å². The number of hydrogen-bond acceptors (Lipinski definition) is 7. The van der Waals surface area contributed by atoms with Crippen LogP contribution in [0.5, 0.6) is 5.75 Å². The molecular weight excluding hydrogens is 520 g/mol. The molecule has 0 fully saturated rings. The van der Waals surface area contributed by atoms with Gasteiger partial charge in [0.2, 0.25) is 11.4 Å². The average Bonchev–Trinajstić information content (AvgIpc) is 3.49. The minimum absolute atomic E-state index is 0.0335. The van der Waals surface area contributed by atoms with Gasteiger partial charge in [-0.3, -0.25) is 0 Å². The molecule has 3 aromatic carbocycles. The Morgan fingerprint density at radius 1 is 1.08 bits per heavy atom. The molecule has 0 spiro atoms. The third-order valence-corrected chi connectivity index (χ3v) is 10.2. The molecule has 0 bridgehead atoms. The summed E-state index contributed by atoms with van der Waals surface area (Å²) in [7, 11) is -4.56. The largest absolute Gasteiger partial charge is 0.744 e. The van der Waals surface area contributed by atoms with Gasteiger partial charge in [-0.05, 0) is 54.1 Å². The second kappa shape index (κ2) is 7.89. The molecule has 192 valence electrons. The van der Waals surface area contributed by atoms with Crippen molar-refractivity contribution < 1.29 is 27.0 Å². The maximum Gasteiger partial charge on any atom is 0.268 e. The van der Waals surface area contributed by atoms with Crippen molar-refractivity contribution in [2.24, 2.45) is 0 Å². The zero-order valence-corrected chi connectivity index (χ0v) is 22.3. The Balaban J connectivity index is 1.35. The van der Waals surface area contributed by atoms with Crippen LogP contribution < -0.4 is 14.2 Å². The van der Waals surface area contributed by atoms with E-state index < -0.39 is 10.1 Å². The van der Waals surface area contributed by atoms with E-state index in [1.165, 1.54) is 49.3 Å². The van der Waals surface area contributed by atoms with Gasteiger partial charge in [0.25, 0.3) is 5.01 Å². The molecule has 7 nitrogen and oxygen atoms in total. The van der Waals surface area contributed by atoms with Gasteiger partial charge in [0.05, 0.1) is 33.8 Å². The number of nitrogens with zero attached hydrogens (tertiary/aromatic N) is 2. The first-order valence-electron chi connectivity index (χ1n) is 12.9. The molecular formula is C29H24N2O5S2. The third kappa shape index (κ3) is 3.07. The van der Waals surface area contributed by atoms with Crippen LogP contribution in [0.2, 0.25) is 0 Å². The second-order valence-corrected chi connectivity index (χ2v) is 12.6. The number of fused-ring (bicyclic) bond motifs is 11. The summed E-state index contributed by atoms with van der Waals surface area (Å²) < 4.78 is 51.9. The molecule has 0 aliphatic carbocycles. The highest BCUT2D eigenvalue weighted by atomic mass is 32.2. The van der Waals surface area contributed by atoms with Gasteiger partial charge in [-0.25, -0.2) is 8.42 Å². The predicted octanol–water partition coefficient (Wildman–Crippen LogP) is 5.10. The Morgan fingerprint density at radius 2 is 1.92 bits per heavy atom. The van der Waals surface area contributed by atoms with Crippen molar-refractivity contribution in [3.63, 3.8) is 0 Å². The highest BCUT2D eigenvalue weighted by molar-refractivity contribution is 7.85. The van der Waals surface area contributed by atoms with E-state index in [4.69, 9.17) is 9.47 Å². The number of rotatable bonds is 2. The Kier molecular flexibility index (Phi) is 4.72. The normalized spacial score (nSPS) is 22.2. The summed E-state index contributed by atoms with van der Waals surface area (Å²) in [6, 6.07) is 17.3. The van der Waals surface area contributed by atoms with Crippen LogP contribution in [0.25, 0.3) is 26.6 Å². The SMILES string of the molecule is CCC1=C2c3sc4ccc5ccccc5c4[n+]3CCC2OC2CCN3C(=C12)Oc1ccc(S(=O)(=O)[O-])cc13. The molecule has 2 atom stereocenters. The van der Waals surface area contributed by atoms with Gasteiger partial charge in [0.15, 0.2) is 12.3 Å². The average molecular weight is 545 g/mol. The van der Waals surface area contributed by atoms with Crippen molar-refractivity contribution in [2.75, 3.05) is 11.4 Å². The molecule has 4 aromatic rings. The number of thiazole rings is 1. The molecule has 4 aliphatic heterocycles. The molecule has 0 N–H and O–H groups in total. The fraction of sp³-hybridized carbons (Fsp3) is 0.276. The van der Waals surface area contributed by atoms with Crippen molar-refractivity contribution >= 4 is 53.7 Å². The van der Waals surface area contributed by atoms with Crippen LogP contribution in [0.3, 0.4) is 0 Å². The van der Waals surface area contributed by atoms with Crippen LogP contribution in [0, 0.1) is 0 Å². The van der Waals surface area contributed by atoms with E-state index in [0.717, 1.165) is 31.4 Å². The number of ether oxygens (including phenoxy) is 2. The van der Waals surface area contributed by atoms with E-state index in [1.54, 1.807) is 6.07 Å². The van der Waals surface area contributed by atoms with Crippen LogP contribution in [-0.2, 0) is 21.4 Å². The van der Waals surface area contributed by atoms with Crippen molar-refractivity contribution in [3.8, 4) is 5.75 Å². The molecule has 5 heterocycles. The number of benzene rings is 3. The van der Waals surface area contributed by atoms with E-state index in [9.17, 15) is 13.0 Å². The first-order valence-corrected chi connectivity index (χ1v) is 15.2. The van der Waals surface area contributed by atoms with E-state index in [1.807, 2.05) is 16.2 Å². The van der Waals surface area contributed by atoms with E-state index in [-0.39, 0.29) is 17.1 Å². The lowest BCUT2D eigenvalue weighted by atomic mass is 9.83. The van der Waals surface area contributed by atoms with Crippen molar-refractivity contribution in [3.05, 3.63) is 76.6 Å². The fourth-order valence-corrected chi connectivity index (χ4v) is 8.42. The number of hydrogen-bond donors (Lipinski definition) is 0. The first-order chi connectivity index (χ1) is 18.4. The van der Waals surface area contributed by atoms with Crippen LogP contribution in [0.4, 0.5) is 5.69 Å². The summed E-state index contributed by atoms with van der Waals surface area (Å²) in [5.41, 5.74) is 5.44. The number of aryl methyl sites for hydroxylation is 1. The summed E-state index contributed by atoms with van der Waals surface area (Å²) in [6.07, 6.45) is 2.46. The topological polar surface area (TPSA) is 82.8 Å². The van der Waals surface area contributed by atoms with E-state index in [0.29, 0.717) is 23.9 Å². The van der Waals surface area contributed by atoms with Gasteiger partial charge in [0.1, 0.15) is 14.8 Å². The van der Waals surface area contributed by atoms with Gasteiger partial charge in [-0.1, -0.05) is 42.5 Å². The van der Waals surface area contributed by atoms with Gasteiger partial charge in [-0.15, -0.1) is 0 Å². The summed E-state index contributed by atoms with van der Waals surface area (Å²) >= 11 is 1.82. The third-order valence-electron chi connectivity index (χ3n) is 8.21. The highest BCUT2D eigenvalue weighted by Gasteiger charge is 2.47. The second-order valence-electron chi connectivity index (χ2n) is 10.2. The molecule has 2 unspecified atom stereocenters. The lowest BCUT2D eigenvalue weighted by molar-refractivity contribution is -0.673. The smallest absolute Gasteiger partial charge is 0.268 e. The quantitative estimate of drug-likeness (QED) is 0.258. The summed E-state index contributed by atoms with van der Waals surface area (Å²) in [6.45, 7) is 3.72. The van der Waals surface area contributed by atoms with Gasteiger partial charge in [0, 0.05) is 18.5 Å². The monoisotopic (exact) mass is 544 g/mol. The van der Waals surface area contributed by atoms with E-state index in [2.05, 4.69) is 47.9 Å². The highest BCUT2D eigenvalue weighted by Crippen LogP contribution is 2.51. The van der Waals surface area contributed by atoms with Crippen LogP contribution in [0.1, 0.15) is 31.2 Å². The van der Waals surface area contributed by atoms with Crippen molar-refractivity contribution in [1.82, 2.24) is 0 Å². The lowest BCUT2D eigenvalue weighted by Gasteiger charge is -2.40. The summed E-state index contributed by atoms with van der Waals surface area (Å²) in [5.74, 6) is 1.26. The molecule has 38 heavy (non-hydrogen) atoms. The van der Waals surface area contributed by atoms with Crippen LogP contribution >= 0.6 is 11.3 Å². The van der Waals surface area contributed by atoms with Gasteiger partial charge >= 0.3 is 0 Å². The lowest BCUT2D eigenvalue weighted by Crippen LogP contribution is -2.48. The Labute approximate surface area is 224 Å². The minimum atomic E-state index is -4.56. The molecule has 4 aliphatic rings. The molecule has 8 rings (SSSR count). The Morgan fingerprint density at radius 3 is 2.76 bits per heavy atom. The number of anilines is 1. The Bertz CT molecular complexity index is 1870. The van der Waals surface area contributed by atoms with Crippen molar-refractivity contribution in [2.45, 2.75) is 49.8 Å². The molecule has 0 saturated carbocycles. The molecule has 1 aromatic heterocycles. The van der Waals surface area contributed by atoms with Crippen LogP contribution in [0.15, 0.2) is 76.5 Å². The predicted molar refractivity (Wildman–Crippen MR) is 144 cm³/mol. The summed E-state index contributed by atoms with van der Waals surface area (Å²) in [5, 5.41) is 3.75. The first kappa shape index (κ1) is 22.7.